The van der Waals surface area contributed by atoms with Crippen molar-refractivity contribution in [2.24, 2.45) is 5.41 Å². The van der Waals surface area contributed by atoms with Crippen molar-refractivity contribution in [3.8, 4) is 0 Å². The van der Waals surface area contributed by atoms with Crippen LogP contribution in [-0.2, 0) is 21.2 Å². The molecule has 3 nitrogen and oxygen atoms in total. The fourth-order valence-corrected chi connectivity index (χ4v) is 6.54. The standard InChI is InChI=1S/C23H27Cl2NO2S/c1-22(2)19-6-4-3-5-18(19)17(14-23(22)10-11-23)9-12-26-29(27,28)15-16-7-8-20(24)21(25)13-16/h3-8,13,17,26H,9-12,14-15H2,1-2H3. The van der Waals surface area contributed by atoms with Gasteiger partial charge in [-0.25, -0.2) is 13.1 Å². The molecule has 156 valence electrons. The second-order valence-corrected chi connectivity index (χ2v) is 11.7. The lowest BCUT2D eigenvalue weighted by molar-refractivity contribution is 0.223. The predicted molar refractivity (Wildman–Crippen MR) is 120 cm³/mol. The fraction of sp³-hybridized carbons (Fsp3) is 0.478. The fourth-order valence-electron chi connectivity index (χ4n) is 5.07. The van der Waals surface area contributed by atoms with Crippen molar-refractivity contribution in [1.82, 2.24) is 4.72 Å². The van der Waals surface area contributed by atoms with Crippen molar-refractivity contribution in [3.05, 3.63) is 69.2 Å². The van der Waals surface area contributed by atoms with Crippen molar-refractivity contribution in [1.29, 1.82) is 0 Å². The summed E-state index contributed by atoms with van der Waals surface area (Å²) in [5.74, 6) is 0.302. The van der Waals surface area contributed by atoms with E-state index in [0.717, 1.165) is 12.8 Å². The molecule has 0 aromatic heterocycles. The summed E-state index contributed by atoms with van der Waals surface area (Å²) in [6.45, 7) is 5.18. The first-order valence-corrected chi connectivity index (χ1v) is 12.6. The first kappa shape index (κ1) is 21.2. The Bertz CT molecular complexity index is 1030. The third-order valence-electron chi connectivity index (χ3n) is 7.05. The van der Waals surface area contributed by atoms with Crippen LogP contribution >= 0.6 is 23.2 Å². The summed E-state index contributed by atoms with van der Waals surface area (Å²) in [6.07, 6.45) is 4.50. The zero-order chi connectivity index (χ0) is 20.9. The molecule has 0 heterocycles. The van der Waals surface area contributed by atoms with Gasteiger partial charge in [0.1, 0.15) is 0 Å². The van der Waals surface area contributed by atoms with E-state index in [4.69, 9.17) is 23.2 Å². The van der Waals surface area contributed by atoms with Crippen molar-refractivity contribution >= 4 is 33.2 Å². The Morgan fingerprint density at radius 3 is 2.48 bits per heavy atom. The van der Waals surface area contributed by atoms with Gasteiger partial charge < -0.3 is 0 Å². The van der Waals surface area contributed by atoms with Crippen molar-refractivity contribution in [3.63, 3.8) is 0 Å². The number of halogens is 2. The number of sulfonamides is 1. The van der Waals surface area contributed by atoms with Crippen LogP contribution in [-0.4, -0.2) is 15.0 Å². The zero-order valence-electron chi connectivity index (χ0n) is 16.8. The third-order valence-corrected chi connectivity index (χ3v) is 9.14. The summed E-state index contributed by atoms with van der Waals surface area (Å²) in [6, 6.07) is 13.6. The van der Waals surface area contributed by atoms with E-state index in [-0.39, 0.29) is 11.2 Å². The van der Waals surface area contributed by atoms with Gasteiger partial charge in [-0.3, -0.25) is 0 Å². The van der Waals surface area contributed by atoms with Gasteiger partial charge in [0.15, 0.2) is 0 Å². The van der Waals surface area contributed by atoms with E-state index in [1.54, 1.807) is 18.2 Å². The van der Waals surface area contributed by atoms with Crippen molar-refractivity contribution in [2.75, 3.05) is 6.54 Å². The van der Waals surface area contributed by atoms with E-state index in [9.17, 15) is 8.42 Å². The van der Waals surface area contributed by atoms with Gasteiger partial charge in [0.05, 0.1) is 15.8 Å². The molecule has 0 radical (unpaired) electrons. The smallest absolute Gasteiger partial charge is 0.215 e. The largest absolute Gasteiger partial charge is 0.215 e. The van der Waals surface area contributed by atoms with E-state index in [1.165, 1.54) is 24.0 Å². The normalized spacial score (nSPS) is 21.7. The van der Waals surface area contributed by atoms with Gasteiger partial charge in [-0.1, -0.05) is 67.4 Å². The molecule has 29 heavy (non-hydrogen) atoms. The van der Waals surface area contributed by atoms with Crippen LogP contribution in [0.3, 0.4) is 0 Å². The van der Waals surface area contributed by atoms with Crippen molar-refractivity contribution < 1.29 is 8.42 Å². The average molecular weight is 452 g/mol. The highest BCUT2D eigenvalue weighted by atomic mass is 35.5. The van der Waals surface area contributed by atoms with Gasteiger partial charge in [-0.05, 0) is 71.3 Å². The Morgan fingerprint density at radius 2 is 1.79 bits per heavy atom. The van der Waals surface area contributed by atoms with Gasteiger partial charge >= 0.3 is 0 Å². The first-order valence-electron chi connectivity index (χ1n) is 10.1. The molecular formula is C23H27Cl2NO2S. The Labute approximate surface area is 183 Å². The molecule has 2 aliphatic carbocycles. The number of hydrogen-bond donors (Lipinski definition) is 1. The Balaban J connectivity index is 1.43. The predicted octanol–water partition coefficient (Wildman–Crippen LogP) is 6.05. The van der Waals surface area contributed by atoms with Crippen LogP contribution in [0.5, 0.6) is 0 Å². The minimum atomic E-state index is -3.43. The number of benzene rings is 2. The molecule has 2 aliphatic rings. The molecule has 1 fully saturated rings. The molecule has 0 bridgehead atoms. The molecule has 1 spiro atoms. The van der Waals surface area contributed by atoms with Crippen LogP contribution in [0.25, 0.3) is 0 Å². The van der Waals surface area contributed by atoms with Crippen LogP contribution in [0, 0.1) is 5.41 Å². The van der Waals surface area contributed by atoms with Crippen LogP contribution in [0.15, 0.2) is 42.5 Å². The number of nitrogens with one attached hydrogen (secondary N) is 1. The molecule has 4 rings (SSSR count). The van der Waals surface area contributed by atoms with Crippen LogP contribution < -0.4 is 4.72 Å². The van der Waals surface area contributed by atoms with Gasteiger partial charge in [0, 0.05) is 6.54 Å². The maximum atomic E-state index is 12.5. The topological polar surface area (TPSA) is 46.2 Å². The molecule has 1 unspecified atom stereocenters. The van der Waals surface area contributed by atoms with Crippen molar-refractivity contribution in [2.45, 2.75) is 56.6 Å². The van der Waals surface area contributed by atoms with Crippen LogP contribution in [0.2, 0.25) is 10.0 Å². The first-order chi connectivity index (χ1) is 13.6. The van der Waals surface area contributed by atoms with Gasteiger partial charge in [-0.2, -0.15) is 0 Å². The molecule has 0 aliphatic heterocycles. The Kier molecular flexibility index (Phi) is 5.52. The summed E-state index contributed by atoms with van der Waals surface area (Å²) in [5.41, 5.74) is 4.03. The lowest BCUT2D eigenvalue weighted by Gasteiger charge is -2.45. The summed E-state index contributed by atoms with van der Waals surface area (Å²) in [5, 5.41) is 0.796. The zero-order valence-corrected chi connectivity index (χ0v) is 19.2. The molecule has 1 saturated carbocycles. The molecule has 0 saturated heterocycles. The van der Waals surface area contributed by atoms with E-state index in [2.05, 4.69) is 42.8 Å². The summed E-state index contributed by atoms with van der Waals surface area (Å²) >= 11 is 11.9. The second-order valence-electron chi connectivity index (χ2n) is 9.08. The van der Waals surface area contributed by atoms with E-state index < -0.39 is 10.0 Å². The van der Waals surface area contributed by atoms with Gasteiger partial charge in [-0.15, -0.1) is 0 Å². The number of rotatable bonds is 6. The Morgan fingerprint density at radius 1 is 1.07 bits per heavy atom. The lowest BCUT2D eigenvalue weighted by atomic mass is 9.59. The minimum Gasteiger partial charge on any atom is -0.215 e. The SMILES string of the molecule is CC1(C)c2ccccc2C(CCNS(=O)(=O)Cc2ccc(Cl)c(Cl)c2)CC12CC2. The van der Waals surface area contributed by atoms with Crippen LogP contribution in [0.1, 0.15) is 62.1 Å². The molecule has 0 amide bonds. The second kappa shape index (κ2) is 7.56. The van der Waals surface area contributed by atoms with E-state index in [1.807, 2.05) is 0 Å². The maximum Gasteiger partial charge on any atom is 0.215 e. The van der Waals surface area contributed by atoms with E-state index >= 15 is 0 Å². The highest BCUT2D eigenvalue weighted by Crippen LogP contribution is 2.67. The minimum absolute atomic E-state index is 0.0951. The summed E-state index contributed by atoms with van der Waals surface area (Å²) in [4.78, 5) is 0. The quantitative estimate of drug-likeness (QED) is 0.580. The molecule has 1 N–H and O–H groups in total. The highest BCUT2D eigenvalue weighted by molar-refractivity contribution is 7.88. The number of hydrogen-bond acceptors (Lipinski definition) is 2. The maximum absolute atomic E-state index is 12.5. The van der Waals surface area contributed by atoms with E-state index in [0.29, 0.717) is 33.5 Å². The van der Waals surface area contributed by atoms with Gasteiger partial charge in [0.25, 0.3) is 0 Å². The summed E-state index contributed by atoms with van der Waals surface area (Å²) < 4.78 is 27.9. The molecule has 6 heteroatoms. The average Bonchev–Trinajstić information content (AvgIpc) is 3.44. The molecular weight excluding hydrogens is 425 g/mol. The Hall–Kier alpha value is -1.07. The van der Waals surface area contributed by atoms with Gasteiger partial charge in [0.2, 0.25) is 10.0 Å². The molecule has 2 aromatic rings. The molecule has 1 atom stereocenters. The lowest BCUT2D eigenvalue weighted by Crippen LogP contribution is -2.38. The third kappa shape index (κ3) is 4.10. The number of fused-ring (bicyclic) bond motifs is 1. The monoisotopic (exact) mass is 451 g/mol. The highest BCUT2D eigenvalue weighted by Gasteiger charge is 2.58. The summed E-state index contributed by atoms with van der Waals surface area (Å²) in [7, 11) is -3.43. The van der Waals surface area contributed by atoms with Crippen LogP contribution in [0.4, 0.5) is 0 Å². The molecule has 2 aromatic carbocycles.